The summed E-state index contributed by atoms with van der Waals surface area (Å²) in [5.41, 5.74) is 3.49. The number of carbonyl (C=O) groups is 3. The summed E-state index contributed by atoms with van der Waals surface area (Å²) in [7, 11) is 1.47. The number of nitrogens with one attached hydrogen (secondary N) is 1. The Bertz CT molecular complexity index is 1530. The Morgan fingerprint density at radius 3 is 2.61 bits per heavy atom. The summed E-state index contributed by atoms with van der Waals surface area (Å²) in [6, 6.07) is 4.56. The first-order valence-electron chi connectivity index (χ1n) is 13.1. The van der Waals surface area contributed by atoms with Gasteiger partial charge in [0.05, 0.1) is 12.7 Å². The first kappa shape index (κ1) is 28.2. The fourth-order valence-electron chi connectivity index (χ4n) is 6.14. The number of aliphatic hydroxyl groups excluding tert-OH is 2. The molecule has 3 aliphatic rings. The number of fused-ring (bicyclic) bond motifs is 3. The predicted molar refractivity (Wildman–Crippen MR) is 143 cm³/mol. The van der Waals surface area contributed by atoms with Gasteiger partial charge >= 0.3 is 0 Å². The monoisotopic (exact) mass is 567 g/mol. The van der Waals surface area contributed by atoms with E-state index in [1.165, 1.54) is 7.11 Å². The minimum atomic E-state index is -2.65. The van der Waals surface area contributed by atoms with Gasteiger partial charge in [-0.1, -0.05) is 0 Å². The quantitative estimate of drug-likeness (QED) is 0.269. The molecular weight excluding hydrogens is 537 g/mol. The zero-order valence-electron chi connectivity index (χ0n) is 22.4. The summed E-state index contributed by atoms with van der Waals surface area (Å²) in [4.78, 5) is 42.5. The van der Waals surface area contributed by atoms with E-state index in [9.17, 15) is 39.2 Å². The average molecular weight is 568 g/mol. The predicted octanol–water partition coefficient (Wildman–Crippen LogP) is 1.94. The summed E-state index contributed by atoms with van der Waals surface area (Å²) < 4.78 is 18.3. The van der Waals surface area contributed by atoms with Crippen LogP contribution in [0, 0.1) is 11.8 Å². The van der Waals surface area contributed by atoms with Crippen molar-refractivity contribution in [2.75, 3.05) is 13.8 Å². The number of methoxy groups -OCH3 is 1. The van der Waals surface area contributed by atoms with Crippen LogP contribution in [0.5, 0.6) is 11.6 Å². The van der Waals surface area contributed by atoms with Crippen molar-refractivity contribution in [1.82, 2.24) is 10.3 Å². The molecule has 1 amide bonds. The van der Waals surface area contributed by atoms with Crippen LogP contribution >= 0.6 is 0 Å². The van der Waals surface area contributed by atoms with Crippen molar-refractivity contribution in [2.24, 2.45) is 17.6 Å². The maximum Gasteiger partial charge on any atom is 0.255 e. The standard InChI is InChI=1S/C29H30FN3O8/c1-12(9-30)32-11-15-7-17(13-3-4-20(41-2)33-10-13)18-6-14-5-16-8-19(34)23(28(31)39)27(38)29(16,40)26(37)21(14)25(36)22(18)24(15)35/h3-4,7,10,12,14,16,32,35-36,38,40H,5-6,8-9,11H2,1-2H3,(H2,31,39)/t12?,14-,16+,29+/m1/s1. The molecule has 11 nitrogen and oxygen atoms in total. The molecule has 0 bridgehead atoms. The van der Waals surface area contributed by atoms with E-state index in [2.05, 4.69) is 10.3 Å². The average Bonchev–Trinajstić information content (AvgIpc) is 2.94. The lowest BCUT2D eigenvalue weighted by Gasteiger charge is -2.46. The highest BCUT2D eigenvalue weighted by Gasteiger charge is 2.60. The van der Waals surface area contributed by atoms with Crippen LogP contribution in [0.3, 0.4) is 0 Å². The van der Waals surface area contributed by atoms with Crippen molar-refractivity contribution >= 4 is 23.2 Å². The van der Waals surface area contributed by atoms with Gasteiger partial charge in [0.1, 0.15) is 29.5 Å². The Kier molecular flexibility index (Phi) is 7.08. The lowest BCUT2D eigenvalue weighted by molar-refractivity contribution is -0.147. The number of rotatable bonds is 7. The lowest BCUT2D eigenvalue weighted by atomic mass is 9.59. The van der Waals surface area contributed by atoms with Crippen LogP contribution in [-0.4, -0.2) is 68.3 Å². The number of phenols is 1. The number of pyridine rings is 1. The van der Waals surface area contributed by atoms with Crippen LogP contribution in [-0.2, 0) is 27.3 Å². The van der Waals surface area contributed by atoms with Gasteiger partial charge in [0.25, 0.3) is 5.91 Å². The normalized spacial score (nSPS) is 24.5. The van der Waals surface area contributed by atoms with E-state index in [1.54, 1.807) is 31.3 Å². The number of alkyl halides is 1. The van der Waals surface area contributed by atoms with E-state index >= 15 is 0 Å². The number of aromatic hydroxyl groups is 1. The molecule has 41 heavy (non-hydrogen) atoms. The fourth-order valence-corrected chi connectivity index (χ4v) is 6.14. The molecule has 1 fully saturated rings. The summed E-state index contributed by atoms with van der Waals surface area (Å²) in [6.45, 7) is 1.00. The molecule has 7 N–H and O–H groups in total. The first-order chi connectivity index (χ1) is 19.4. The van der Waals surface area contributed by atoms with E-state index in [1.807, 2.05) is 0 Å². The minimum absolute atomic E-state index is 0.0152. The molecule has 216 valence electrons. The third-order valence-corrected chi connectivity index (χ3v) is 8.27. The highest BCUT2D eigenvalue weighted by atomic mass is 19.1. The molecule has 3 aliphatic carbocycles. The van der Waals surface area contributed by atoms with Gasteiger partial charge in [0, 0.05) is 53.9 Å². The molecular formula is C29H30FN3O8. The molecule has 1 saturated carbocycles. The number of phenolic OH excluding ortho intramolecular Hbond substituents is 1. The number of ketones is 2. The molecule has 12 heteroatoms. The van der Waals surface area contributed by atoms with Crippen LogP contribution < -0.4 is 15.8 Å². The molecule has 0 saturated heterocycles. The van der Waals surface area contributed by atoms with Gasteiger partial charge in [-0.05, 0) is 48.9 Å². The largest absolute Gasteiger partial charge is 0.508 e. The molecule has 0 spiro atoms. The maximum absolute atomic E-state index is 13.8. The number of halogens is 1. The van der Waals surface area contributed by atoms with Gasteiger partial charge in [-0.2, -0.15) is 0 Å². The van der Waals surface area contributed by atoms with Crippen molar-refractivity contribution in [2.45, 2.75) is 44.4 Å². The van der Waals surface area contributed by atoms with Gasteiger partial charge in [0.2, 0.25) is 11.7 Å². The molecule has 1 heterocycles. The second-order valence-electron chi connectivity index (χ2n) is 10.7. The van der Waals surface area contributed by atoms with E-state index in [0.717, 1.165) is 0 Å². The highest BCUT2D eigenvalue weighted by Crippen LogP contribution is 2.53. The Morgan fingerprint density at radius 2 is 2.00 bits per heavy atom. The summed E-state index contributed by atoms with van der Waals surface area (Å²) in [5.74, 6) is -6.60. The third kappa shape index (κ3) is 4.34. The minimum Gasteiger partial charge on any atom is -0.508 e. The Hall–Kier alpha value is -4.29. The van der Waals surface area contributed by atoms with E-state index in [0.29, 0.717) is 28.1 Å². The summed E-state index contributed by atoms with van der Waals surface area (Å²) in [6.07, 6.45) is 1.31. The van der Waals surface area contributed by atoms with Crippen molar-refractivity contribution in [3.8, 4) is 22.8 Å². The molecule has 1 aromatic heterocycles. The summed E-state index contributed by atoms with van der Waals surface area (Å²) >= 11 is 0. The van der Waals surface area contributed by atoms with Gasteiger partial charge in [-0.25, -0.2) is 9.37 Å². The van der Waals surface area contributed by atoms with Crippen LogP contribution in [0.4, 0.5) is 4.39 Å². The number of amides is 1. The Morgan fingerprint density at radius 1 is 1.27 bits per heavy atom. The zero-order chi connectivity index (χ0) is 29.8. The Labute approximate surface area is 234 Å². The third-order valence-electron chi connectivity index (χ3n) is 8.27. The van der Waals surface area contributed by atoms with Crippen LogP contribution in [0.25, 0.3) is 16.9 Å². The summed E-state index contributed by atoms with van der Waals surface area (Å²) in [5, 5.41) is 48.0. The molecule has 2 aromatic rings. The second-order valence-corrected chi connectivity index (χ2v) is 10.7. The van der Waals surface area contributed by atoms with Crippen molar-refractivity contribution < 1.29 is 43.9 Å². The first-order valence-corrected chi connectivity index (χ1v) is 13.1. The SMILES string of the molecule is COc1ccc(-c2cc(CNC(C)CF)c(O)c3c2C[C@H]2C[C@H]4CC(=O)C(C(N)=O)=C(O)[C@@]4(O)C(=O)C2=C3O)cn1. The number of aromatic nitrogens is 1. The van der Waals surface area contributed by atoms with Gasteiger partial charge < -0.3 is 36.2 Å². The number of carbonyl (C=O) groups excluding carboxylic acids is 3. The van der Waals surface area contributed by atoms with Crippen LogP contribution in [0.2, 0.25) is 0 Å². The number of benzene rings is 1. The fraction of sp³-hybridized carbons (Fsp3) is 0.379. The van der Waals surface area contributed by atoms with Crippen molar-refractivity contribution in [3.63, 3.8) is 0 Å². The number of nitrogens with two attached hydrogens (primary N) is 1. The smallest absolute Gasteiger partial charge is 0.255 e. The number of hydrogen-bond donors (Lipinski definition) is 6. The number of hydrogen-bond acceptors (Lipinski definition) is 10. The number of Topliss-reactive ketones (excluding diaryl/α,β-unsaturated/α-hetero) is 2. The van der Waals surface area contributed by atoms with E-state index in [4.69, 9.17) is 10.5 Å². The number of nitrogens with zero attached hydrogens (tertiary/aromatic N) is 1. The molecule has 1 aromatic carbocycles. The van der Waals surface area contributed by atoms with Gasteiger partial charge in [-0.15, -0.1) is 0 Å². The molecule has 0 radical (unpaired) electrons. The topological polar surface area (TPSA) is 192 Å². The van der Waals surface area contributed by atoms with Crippen LogP contribution in [0.15, 0.2) is 41.3 Å². The zero-order valence-corrected chi connectivity index (χ0v) is 22.4. The van der Waals surface area contributed by atoms with Crippen LogP contribution in [0.1, 0.15) is 36.5 Å². The van der Waals surface area contributed by atoms with E-state index < -0.39 is 71.1 Å². The van der Waals surface area contributed by atoms with Gasteiger partial charge in [-0.3, -0.25) is 14.4 Å². The lowest BCUT2D eigenvalue weighted by Crippen LogP contribution is -2.58. The maximum atomic E-state index is 13.8. The number of ether oxygens (including phenoxy) is 1. The molecule has 1 unspecified atom stereocenters. The van der Waals surface area contributed by atoms with Crippen molar-refractivity contribution in [1.29, 1.82) is 0 Å². The molecule has 5 rings (SSSR count). The molecule has 4 atom stereocenters. The van der Waals surface area contributed by atoms with E-state index in [-0.39, 0.29) is 36.3 Å². The van der Waals surface area contributed by atoms with Crippen molar-refractivity contribution in [3.05, 3.63) is 58.0 Å². The number of aliphatic hydroxyl groups is 3. The highest BCUT2D eigenvalue weighted by molar-refractivity contribution is 6.22. The van der Waals surface area contributed by atoms with Gasteiger partial charge in [0.15, 0.2) is 11.4 Å². The second kappa shape index (κ2) is 10.3. The molecule has 0 aliphatic heterocycles. The Balaban J connectivity index is 1.71. The number of primary amides is 1.